The molecule has 0 aliphatic carbocycles. The number of carbonyl (C=O) groups excluding carboxylic acids is 2. The number of benzene rings is 2. The van der Waals surface area contributed by atoms with Gasteiger partial charge in [0.15, 0.2) is 0 Å². The SMILES string of the molecule is Cc1ccc(CN2C(=O)c3ccccc3N(C)Cc3cnc(C)c(O)c3C2C(=O)NCCC(C)C)cc1. The average Bonchev–Trinajstić information content (AvgIpc) is 2.90. The summed E-state index contributed by atoms with van der Waals surface area (Å²) in [5.74, 6) is -0.222. The van der Waals surface area contributed by atoms with Crippen molar-refractivity contribution in [2.24, 2.45) is 5.92 Å². The van der Waals surface area contributed by atoms with E-state index in [0.717, 1.165) is 23.2 Å². The van der Waals surface area contributed by atoms with Crippen molar-refractivity contribution in [2.45, 2.75) is 53.2 Å². The Kier molecular flexibility index (Phi) is 7.81. The molecular weight excluding hydrogens is 464 g/mol. The van der Waals surface area contributed by atoms with Gasteiger partial charge in [0.1, 0.15) is 11.8 Å². The highest BCUT2D eigenvalue weighted by Crippen LogP contribution is 2.39. The predicted molar refractivity (Wildman–Crippen MR) is 145 cm³/mol. The summed E-state index contributed by atoms with van der Waals surface area (Å²) in [6.45, 7) is 8.99. The number of hydrogen-bond acceptors (Lipinski definition) is 5. The van der Waals surface area contributed by atoms with E-state index >= 15 is 0 Å². The summed E-state index contributed by atoms with van der Waals surface area (Å²) in [6, 6.07) is 14.3. The van der Waals surface area contributed by atoms with Gasteiger partial charge in [-0.2, -0.15) is 0 Å². The normalized spacial score (nSPS) is 15.5. The Morgan fingerprint density at radius 3 is 2.54 bits per heavy atom. The Morgan fingerprint density at radius 2 is 1.84 bits per heavy atom. The molecular formula is C30H36N4O3. The van der Waals surface area contributed by atoms with Gasteiger partial charge in [-0.1, -0.05) is 55.8 Å². The lowest BCUT2D eigenvalue weighted by Crippen LogP contribution is -2.44. The highest BCUT2D eigenvalue weighted by Gasteiger charge is 2.38. The summed E-state index contributed by atoms with van der Waals surface area (Å²) < 4.78 is 0. The van der Waals surface area contributed by atoms with E-state index in [4.69, 9.17) is 0 Å². The number of amides is 2. The van der Waals surface area contributed by atoms with Gasteiger partial charge in [-0.25, -0.2) is 0 Å². The van der Waals surface area contributed by atoms with E-state index in [9.17, 15) is 14.7 Å². The van der Waals surface area contributed by atoms with Crippen molar-refractivity contribution >= 4 is 17.5 Å². The van der Waals surface area contributed by atoms with Crippen molar-refractivity contribution < 1.29 is 14.7 Å². The van der Waals surface area contributed by atoms with Crippen LogP contribution in [0.4, 0.5) is 5.69 Å². The van der Waals surface area contributed by atoms with Crippen LogP contribution in [0.15, 0.2) is 54.7 Å². The number of aromatic nitrogens is 1. The number of aromatic hydroxyl groups is 1. The van der Waals surface area contributed by atoms with Gasteiger partial charge in [-0.3, -0.25) is 14.6 Å². The molecule has 1 aliphatic heterocycles. The minimum Gasteiger partial charge on any atom is -0.506 e. The summed E-state index contributed by atoms with van der Waals surface area (Å²) in [5, 5.41) is 14.3. The van der Waals surface area contributed by atoms with Crippen LogP contribution in [-0.2, 0) is 17.9 Å². The molecule has 2 heterocycles. The van der Waals surface area contributed by atoms with E-state index in [-0.39, 0.29) is 24.1 Å². The van der Waals surface area contributed by atoms with Crippen LogP contribution < -0.4 is 10.2 Å². The smallest absolute Gasteiger partial charge is 0.257 e. The number of nitrogens with zero attached hydrogens (tertiary/aromatic N) is 3. The first-order chi connectivity index (χ1) is 17.7. The zero-order valence-corrected chi connectivity index (χ0v) is 22.3. The molecule has 0 radical (unpaired) electrons. The lowest BCUT2D eigenvalue weighted by molar-refractivity contribution is -0.126. The maximum absolute atomic E-state index is 14.3. The molecule has 0 saturated carbocycles. The summed E-state index contributed by atoms with van der Waals surface area (Å²) in [7, 11) is 1.90. The molecule has 1 aliphatic rings. The van der Waals surface area contributed by atoms with Gasteiger partial charge in [-0.05, 0) is 49.4 Å². The van der Waals surface area contributed by atoms with Crippen LogP contribution in [0, 0.1) is 19.8 Å². The fraction of sp³-hybridized carbons (Fsp3) is 0.367. The highest BCUT2D eigenvalue weighted by atomic mass is 16.3. The van der Waals surface area contributed by atoms with E-state index < -0.39 is 6.04 Å². The first-order valence-corrected chi connectivity index (χ1v) is 12.8. The van der Waals surface area contributed by atoms with Gasteiger partial charge in [0.2, 0.25) is 5.91 Å². The minimum absolute atomic E-state index is 0.0532. The zero-order chi connectivity index (χ0) is 26.7. The van der Waals surface area contributed by atoms with Crippen LogP contribution >= 0.6 is 0 Å². The van der Waals surface area contributed by atoms with E-state index in [2.05, 4.69) is 24.1 Å². The maximum atomic E-state index is 14.3. The molecule has 2 aromatic carbocycles. The van der Waals surface area contributed by atoms with E-state index in [1.165, 1.54) is 0 Å². The molecule has 7 nitrogen and oxygen atoms in total. The summed E-state index contributed by atoms with van der Waals surface area (Å²) in [5.41, 5.74) is 4.82. The Labute approximate surface area is 219 Å². The monoisotopic (exact) mass is 500 g/mol. The number of nitrogens with one attached hydrogen (secondary N) is 1. The van der Waals surface area contributed by atoms with Crippen LogP contribution in [-0.4, -0.2) is 40.4 Å². The Bertz CT molecular complexity index is 1290. The minimum atomic E-state index is -1.03. The van der Waals surface area contributed by atoms with E-state index in [1.807, 2.05) is 61.3 Å². The molecule has 1 unspecified atom stereocenters. The second-order valence-corrected chi connectivity index (χ2v) is 10.3. The summed E-state index contributed by atoms with van der Waals surface area (Å²) in [4.78, 5) is 36.2. The highest BCUT2D eigenvalue weighted by molar-refractivity contribution is 6.02. The first kappa shape index (κ1) is 26.2. The molecule has 1 atom stereocenters. The van der Waals surface area contributed by atoms with Gasteiger partial charge >= 0.3 is 0 Å². The van der Waals surface area contributed by atoms with Crippen molar-refractivity contribution in [3.63, 3.8) is 0 Å². The number of carbonyl (C=O) groups is 2. The number of hydrogen-bond donors (Lipinski definition) is 2. The number of fused-ring (bicyclic) bond motifs is 2. The van der Waals surface area contributed by atoms with Gasteiger partial charge < -0.3 is 20.2 Å². The third-order valence-corrected chi connectivity index (χ3v) is 6.90. The van der Waals surface area contributed by atoms with Crippen molar-refractivity contribution in [1.82, 2.24) is 15.2 Å². The zero-order valence-electron chi connectivity index (χ0n) is 22.3. The molecule has 2 amide bonds. The third kappa shape index (κ3) is 5.61. The largest absolute Gasteiger partial charge is 0.506 e. The third-order valence-electron chi connectivity index (χ3n) is 6.90. The second-order valence-electron chi connectivity index (χ2n) is 10.3. The standard InChI is InChI=1S/C30H36N4O3/c1-19(2)14-15-31-29(36)27-26-23(16-32-21(4)28(26)35)18-33(5)25-9-7-6-8-24(25)30(37)34(27)17-22-12-10-20(3)11-13-22/h6-13,16,19,27,35H,14-15,17-18H2,1-5H3,(H,31,36). The lowest BCUT2D eigenvalue weighted by Gasteiger charge is -2.33. The predicted octanol–water partition coefficient (Wildman–Crippen LogP) is 4.90. The average molecular weight is 501 g/mol. The molecule has 1 aromatic heterocycles. The summed E-state index contributed by atoms with van der Waals surface area (Å²) in [6.07, 6.45) is 2.52. The van der Waals surface area contributed by atoms with E-state index in [0.29, 0.717) is 41.4 Å². The Morgan fingerprint density at radius 1 is 1.14 bits per heavy atom. The Hall–Kier alpha value is -3.87. The molecule has 3 aromatic rings. The first-order valence-electron chi connectivity index (χ1n) is 12.8. The molecule has 0 spiro atoms. The van der Waals surface area contributed by atoms with Crippen LogP contribution in [0.2, 0.25) is 0 Å². The van der Waals surface area contributed by atoms with Crippen molar-refractivity contribution in [3.05, 3.63) is 88.2 Å². The molecule has 37 heavy (non-hydrogen) atoms. The van der Waals surface area contributed by atoms with Crippen LogP contribution in [0.1, 0.15) is 64.6 Å². The molecule has 0 fully saturated rings. The summed E-state index contributed by atoms with van der Waals surface area (Å²) >= 11 is 0. The van der Waals surface area contributed by atoms with Gasteiger partial charge in [0.25, 0.3) is 5.91 Å². The number of rotatable bonds is 6. The molecule has 0 bridgehead atoms. The van der Waals surface area contributed by atoms with Crippen molar-refractivity contribution in [3.8, 4) is 5.75 Å². The maximum Gasteiger partial charge on any atom is 0.257 e. The van der Waals surface area contributed by atoms with Crippen LogP contribution in [0.5, 0.6) is 5.75 Å². The molecule has 194 valence electrons. The van der Waals surface area contributed by atoms with Gasteiger partial charge in [0, 0.05) is 44.1 Å². The van der Waals surface area contributed by atoms with Crippen LogP contribution in [0.3, 0.4) is 0 Å². The fourth-order valence-electron chi connectivity index (χ4n) is 4.75. The van der Waals surface area contributed by atoms with Crippen molar-refractivity contribution in [1.29, 1.82) is 0 Å². The topological polar surface area (TPSA) is 85.8 Å². The second kappa shape index (κ2) is 11.0. The van der Waals surface area contributed by atoms with Gasteiger partial charge in [0.05, 0.1) is 11.3 Å². The number of aryl methyl sites for hydroxylation is 2. The molecule has 4 rings (SSSR count). The molecule has 2 N–H and O–H groups in total. The van der Waals surface area contributed by atoms with Crippen LogP contribution in [0.25, 0.3) is 0 Å². The van der Waals surface area contributed by atoms with Gasteiger partial charge in [-0.15, -0.1) is 0 Å². The molecule has 7 heteroatoms. The number of anilines is 1. The van der Waals surface area contributed by atoms with E-state index in [1.54, 1.807) is 24.1 Å². The lowest BCUT2D eigenvalue weighted by atomic mass is 9.96. The quantitative estimate of drug-likeness (QED) is 0.503. The molecule has 0 saturated heterocycles. The fourth-order valence-corrected chi connectivity index (χ4v) is 4.75. The number of pyridine rings is 1. The van der Waals surface area contributed by atoms with Crippen molar-refractivity contribution in [2.75, 3.05) is 18.5 Å². The number of para-hydroxylation sites is 1. The Balaban J connectivity index is 1.92.